The van der Waals surface area contributed by atoms with Crippen molar-refractivity contribution in [3.05, 3.63) is 74.6 Å². The second-order valence-corrected chi connectivity index (χ2v) is 7.26. The van der Waals surface area contributed by atoms with Gasteiger partial charge in [0, 0.05) is 29.8 Å². The summed E-state index contributed by atoms with van der Waals surface area (Å²) in [6.07, 6.45) is 2.12. The van der Waals surface area contributed by atoms with E-state index in [4.69, 9.17) is 0 Å². The Balaban J connectivity index is 1.53. The van der Waals surface area contributed by atoms with Gasteiger partial charge in [-0.05, 0) is 43.5 Å². The Morgan fingerprint density at radius 3 is 2.71 bits per heavy atom. The van der Waals surface area contributed by atoms with Crippen molar-refractivity contribution >= 4 is 34.0 Å². The molecule has 3 aromatic rings. The first kappa shape index (κ1) is 19.5. The molecule has 3 N–H and O–H groups in total. The van der Waals surface area contributed by atoms with E-state index in [-0.39, 0.29) is 17.4 Å². The minimum Gasteiger partial charge on any atom is -0.328 e. The quantitative estimate of drug-likeness (QED) is 0.595. The van der Waals surface area contributed by atoms with E-state index >= 15 is 0 Å². The largest absolute Gasteiger partial charge is 0.328 e. The number of carbonyl (C=O) groups is 2. The molecule has 0 aliphatic rings. The van der Waals surface area contributed by atoms with Crippen LogP contribution in [0.4, 0.5) is 10.8 Å². The lowest BCUT2D eigenvalue weighted by molar-refractivity contribution is -0.116. The normalized spacial score (nSPS) is 10.5. The van der Waals surface area contributed by atoms with Crippen molar-refractivity contribution in [3.63, 3.8) is 0 Å². The standard InChI is InChI=1S/C20H20N4O3S/c1-12-3-4-13(2)16(9-12)23-18(26)8-6-15-11-28-20(22-15)24-19(27)14-5-7-17(25)21-10-14/h3-5,7,9-11H,6,8H2,1-2H3,(H,21,25)(H,23,26)(H,22,24,27). The molecule has 0 radical (unpaired) electrons. The molecule has 0 saturated carbocycles. The van der Waals surface area contributed by atoms with Gasteiger partial charge in [0.15, 0.2) is 5.13 Å². The Morgan fingerprint density at radius 1 is 1.14 bits per heavy atom. The lowest BCUT2D eigenvalue weighted by atomic mass is 10.1. The number of H-pyrrole nitrogens is 1. The summed E-state index contributed by atoms with van der Waals surface area (Å²) in [5, 5.41) is 7.87. The van der Waals surface area contributed by atoms with E-state index in [2.05, 4.69) is 20.6 Å². The highest BCUT2D eigenvalue weighted by molar-refractivity contribution is 7.14. The van der Waals surface area contributed by atoms with Gasteiger partial charge in [0.25, 0.3) is 5.91 Å². The van der Waals surface area contributed by atoms with E-state index in [1.807, 2.05) is 37.4 Å². The van der Waals surface area contributed by atoms with Gasteiger partial charge >= 0.3 is 0 Å². The molecule has 0 spiro atoms. The van der Waals surface area contributed by atoms with Gasteiger partial charge < -0.3 is 10.3 Å². The first-order chi connectivity index (χ1) is 13.4. The SMILES string of the molecule is Cc1ccc(C)c(NC(=O)CCc2csc(NC(=O)c3ccc(=O)[nH]c3)n2)c1. The number of rotatable bonds is 6. The van der Waals surface area contributed by atoms with Crippen LogP contribution in [0, 0.1) is 13.8 Å². The third-order valence-electron chi connectivity index (χ3n) is 4.09. The summed E-state index contributed by atoms with van der Waals surface area (Å²) in [4.78, 5) is 42.2. The topological polar surface area (TPSA) is 104 Å². The van der Waals surface area contributed by atoms with Crippen LogP contribution in [0.5, 0.6) is 0 Å². The highest BCUT2D eigenvalue weighted by atomic mass is 32.1. The van der Waals surface area contributed by atoms with Crippen molar-refractivity contribution in [1.29, 1.82) is 0 Å². The predicted octanol–water partition coefficient (Wildman–Crippen LogP) is 3.27. The van der Waals surface area contributed by atoms with E-state index in [0.29, 0.717) is 23.5 Å². The lowest BCUT2D eigenvalue weighted by Gasteiger charge is -2.09. The van der Waals surface area contributed by atoms with Gasteiger partial charge in [-0.1, -0.05) is 12.1 Å². The maximum absolute atomic E-state index is 12.2. The number of pyridine rings is 1. The fourth-order valence-electron chi connectivity index (χ4n) is 2.53. The van der Waals surface area contributed by atoms with Crippen LogP contribution in [0.25, 0.3) is 0 Å². The van der Waals surface area contributed by atoms with Crippen molar-refractivity contribution in [2.45, 2.75) is 26.7 Å². The summed E-state index contributed by atoms with van der Waals surface area (Å²) in [6, 6.07) is 8.66. The Kier molecular flexibility index (Phi) is 6.00. The van der Waals surface area contributed by atoms with Crippen LogP contribution in [-0.4, -0.2) is 21.8 Å². The molecule has 0 saturated heterocycles. The molecular formula is C20H20N4O3S. The van der Waals surface area contributed by atoms with Crippen molar-refractivity contribution in [3.8, 4) is 0 Å². The van der Waals surface area contributed by atoms with Gasteiger partial charge in [-0.25, -0.2) is 4.98 Å². The van der Waals surface area contributed by atoms with Gasteiger partial charge in [0.1, 0.15) is 0 Å². The number of nitrogens with one attached hydrogen (secondary N) is 3. The molecule has 0 aliphatic heterocycles. The van der Waals surface area contributed by atoms with Crippen LogP contribution < -0.4 is 16.2 Å². The number of aryl methyl sites for hydroxylation is 3. The molecule has 7 nitrogen and oxygen atoms in total. The Bertz CT molecular complexity index is 1050. The van der Waals surface area contributed by atoms with Crippen LogP contribution in [0.2, 0.25) is 0 Å². The van der Waals surface area contributed by atoms with Crippen LogP contribution in [0.15, 0.2) is 46.7 Å². The average Bonchev–Trinajstić information content (AvgIpc) is 3.11. The number of hydrogen-bond donors (Lipinski definition) is 3. The third-order valence-corrected chi connectivity index (χ3v) is 4.90. The first-order valence-electron chi connectivity index (χ1n) is 8.72. The molecular weight excluding hydrogens is 376 g/mol. The summed E-state index contributed by atoms with van der Waals surface area (Å²) < 4.78 is 0. The van der Waals surface area contributed by atoms with Gasteiger partial charge in [-0.3, -0.25) is 19.7 Å². The van der Waals surface area contributed by atoms with Crippen LogP contribution >= 0.6 is 11.3 Å². The van der Waals surface area contributed by atoms with Gasteiger partial charge in [0.05, 0.1) is 11.3 Å². The third kappa shape index (κ3) is 5.14. The zero-order valence-electron chi connectivity index (χ0n) is 15.5. The zero-order chi connectivity index (χ0) is 20.1. The number of aromatic nitrogens is 2. The van der Waals surface area contributed by atoms with E-state index in [1.54, 1.807) is 0 Å². The van der Waals surface area contributed by atoms with E-state index in [9.17, 15) is 14.4 Å². The van der Waals surface area contributed by atoms with Gasteiger partial charge in [-0.15, -0.1) is 11.3 Å². The minimum absolute atomic E-state index is 0.0828. The molecule has 28 heavy (non-hydrogen) atoms. The second kappa shape index (κ2) is 8.62. The van der Waals surface area contributed by atoms with Crippen LogP contribution in [-0.2, 0) is 11.2 Å². The predicted molar refractivity (Wildman–Crippen MR) is 110 cm³/mol. The Hall–Kier alpha value is -3.26. The molecule has 0 bridgehead atoms. The molecule has 1 aromatic carbocycles. The molecule has 3 rings (SSSR count). The molecule has 144 valence electrons. The Labute approximate surface area is 165 Å². The first-order valence-corrected chi connectivity index (χ1v) is 9.60. The van der Waals surface area contributed by atoms with Gasteiger partial charge in [-0.2, -0.15) is 0 Å². The highest BCUT2D eigenvalue weighted by Crippen LogP contribution is 2.19. The average molecular weight is 396 g/mol. The molecule has 2 heterocycles. The maximum Gasteiger partial charge on any atom is 0.258 e. The molecule has 2 amide bonds. The number of carbonyl (C=O) groups excluding carboxylic acids is 2. The number of aromatic amines is 1. The summed E-state index contributed by atoms with van der Waals surface area (Å²) in [6.45, 7) is 3.93. The lowest BCUT2D eigenvalue weighted by Crippen LogP contribution is -2.15. The van der Waals surface area contributed by atoms with Crippen molar-refractivity contribution in [1.82, 2.24) is 9.97 Å². The second-order valence-electron chi connectivity index (χ2n) is 6.41. The summed E-state index contributed by atoms with van der Waals surface area (Å²) in [7, 11) is 0. The number of amides is 2. The van der Waals surface area contributed by atoms with E-state index in [1.165, 1.54) is 29.7 Å². The van der Waals surface area contributed by atoms with Crippen molar-refractivity contribution < 1.29 is 9.59 Å². The molecule has 0 unspecified atom stereocenters. The molecule has 0 fully saturated rings. The number of thiazole rings is 1. The summed E-state index contributed by atoms with van der Waals surface area (Å²) in [5.41, 5.74) is 3.72. The molecule has 2 aromatic heterocycles. The molecule has 0 aliphatic carbocycles. The monoisotopic (exact) mass is 396 g/mol. The van der Waals surface area contributed by atoms with E-state index in [0.717, 1.165) is 22.5 Å². The van der Waals surface area contributed by atoms with E-state index < -0.39 is 0 Å². The maximum atomic E-state index is 12.2. The highest BCUT2D eigenvalue weighted by Gasteiger charge is 2.11. The fraction of sp³-hybridized carbons (Fsp3) is 0.200. The molecule has 0 atom stereocenters. The number of anilines is 2. The summed E-state index contributed by atoms with van der Waals surface area (Å²) in [5.74, 6) is -0.439. The Morgan fingerprint density at radius 2 is 1.96 bits per heavy atom. The molecule has 8 heteroatoms. The fourth-order valence-corrected chi connectivity index (χ4v) is 3.26. The van der Waals surface area contributed by atoms with Crippen LogP contribution in [0.1, 0.15) is 33.6 Å². The zero-order valence-corrected chi connectivity index (χ0v) is 16.4. The van der Waals surface area contributed by atoms with Crippen LogP contribution in [0.3, 0.4) is 0 Å². The smallest absolute Gasteiger partial charge is 0.258 e. The van der Waals surface area contributed by atoms with Gasteiger partial charge in [0.2, 0.25) is 11.5 Å². The number of hydrogen-bond acceptors (Lipinski definition) is 5. The number of nitrogens with zero attached hydrogens (tertiary/aromatic N) is 1. The van der Waals surface area contributed by atoms with Crippen molar-refractivity contribution in [2.24, 2.45) is 0 Å². The number of benzene rings is 1. The van der Waals surface area contributed by atoms with Crippen molar-refractivity contribution in [2.75, 3.05) is 10.6 Å². The summed E-state index contributed by atoms with van der Waals surface area (Å²) >= 11 is 1.29. The minimum atomic E-state index is -0.357.